The number of anilines is 6. The van der Waals surface area contributed by atoms with E-state index in [1.165, 1.54) is 36.9 Å². The first-order valence-corrected chi connectivity index (χ1v) is 16.4. The standard InChI is InChI=1S/C43H32N2S/c1-31-29-37(44(34-15-7-3-8-16-34)38-25-27-40-39-19-11-12-20-42(39)46-43(40)30-38)26-28-41(31)45(35-17-9-4-10-18-35)36-23-21-33(22-24-36)32-13-5-2-6-14-32/h2-30H,1H3. The Labute approximate surface area is 274 Å². The van der Waals surface area contributed by atoms with Gasteiger partial charge in [0, 0.05) is 54.3 Å². The Morgan fingerprint density at radius 2 is 0.870 bits per heavy atom. The van der Waals surface area contributed by atoms with Gasteiger partial charge in [0.05, 0.1) is 0 Å². The molecule has 0 aliphatic rings. The van der Waals surface area contributed by atoms with E-state index in [0.717, 1.165) is 34.1 Å². The van der Waals surface area contributed by atoms with E-state index in [2.05, 4.69) is 193 Å². The number of thiophene rings is 1. The summed E-state index contributed by atoms with van der Waals surface area (Å²) in [5.41, 5.74) is 10.4. The second-order valence-electron chi connectivity index (χ2n) is 11.5. The van der Waals surface area contributed by atoms with E-state index in [9.17, 15) is 0 Å². The van der Waals surface area contributed by atoms with E-state index in [1.807, 2.05) is 11.3 Å². The molecule has 0 atom stereocenters. The zero-order valence-corrected chi connectivity index (χ0v) is 26.4. The lowest BCUT2D eigenvalue weighted by Crippen LogP contribution is -2.13. The van der Waals surface area contributed by atoms with Crippen LogP contribution >= 0.6 is 11.3 Å². The molecule has 0 fully saturated rings. The Bertz CT molecular complexity index is 2260. The van der Waals surface area contributed by atoms with Crippen molar-refractivity contribution in [2.75, 3.05) is 9.80 Å². The summed E-state index contributed by atoms with van der Waals surface area (Å²) in [4.78, 5) is 4.71. The summed E-state index contributed by atoms with van der Waals surface area (Å²) in [6.07, 6.45) is 0. The van der Waals surface area contributed by atoms with Gasteiger partial charge in [0.1, 0.15) is 0 Å². The lowest BCUT2D eigenvalue weighted by molar-refractivity contribution is 1.23. The monoisotopic (exact) mass is 608 g/mol. The summed E-state index contributed by atoms with van der Waals surface area (Å²) in [7, 11) is 0. The number of fused-ring (bicyclic) bond motifs is 3. The Hall–Kier alpha value is -5.64. The summed E-state index contributed by atoms with van der Waals surface area (Å²) in [5.74, 6) is 0. The molecule has 0 saturated heterocycles. The van der Waals surface area contributed by atoms with Crippen molar-refractivity contribution >= 4 is 65.6 Å². The summed E-state index contributed by atoms with van der Waals surface area (Å²) >= 11 is 1.85. The van der Waals surface area contributed by atoms with Gasteiger partial charge in [-0.05, 0) is 96.4 Å². The van der Waals surface area contributed by atoms with Crippen molar-refractivity contribution in [3.8, 4) is 11.1 Å². The minimum Gasteiger partial charge on any atom is -0.310 e. The van der Waals surface area contributed by atoms with Crippen LogP contribution in [-0.2, 0) is 0 Å². The average molecular weight is 609 g/mol. The van der Waals surface area contributed by atoms with Gasteiger partial charge in [0.2, 0.25) is 0 Å². The second kappa shape index (κ2) is 12.0. The molecular formula is C43H32N2S. The molecule has 0 radical (unpaired) electrons. The highest BCUT2D eigenvalue weighted by Crippen LogP contribution is 2.43. The Morgan fingerprint density at radius 1 is 0.370 bits per heavy atom. The van der Waals surface area contributed by atoms with Gasteiger partial charge in [-0.25, -0.2) is 0 Å². The van der Waals surface area contributed by atoms with Crippen molar-refractivity contribution < 1.29 is 0 Å². The number of rotatable bonds is 7. The van der Waals surface area contributed by atoms with Crippen LogP contribution in [0.4, 0.5) is 34.1 Å². The SMILES string of the molecule is Cc1cc(N(c2ccccc2)c2ccc3c(c2)sc2ccccc23)ccc1N(c1ccccc1)c1ccc(-c2ccccc2)cc1. The molecule has 1 heterocycles. The van der Waals surface area contributed by atoms with Crippen LogP contribution in [0.3, 0.4) is 0 Å². The summed E-state index contributed by atoms with van der Waals surface area (Å²) in [6, 6.07) is 63.1. The molecule has 0 aliphatic carbocycles. The third-order valence-corrected chi connectivity index (χ3v) is 9.70. The van der Waals surface area contributed by atoms with Crippen LogP contribution in [0, 0.1) is 6.92 Å². The molecule has 0 aliphatic heterocycles. The first-order chi connectivity index (χ1) is 22.7. The Kier molecular flexibility index (Phi) is 7.30. The molecule has 0 bridgehead atoms. The Balaban J connectivity index is 1.22. The molecule has 220 valence electrons. The fraction of sp³-hybridized carbons (Fsp3) is 0.0233. The van der Waals surface area contributed by atoms with Crippen molar-refractivity contribution in [3.63, 3.8) is 0 Å². The van der Waals surface area contributed by atoms with Crippen molar-refractivity contribution in [2.45, 2.75) is 6.92 Å². The predicted octanol–water partition coefficient (Wildman–Crippen LogP) is 13.0. The molecular weight excluding hydrogens is 577 g/mol. The maximum atomic E-state index is 2.36. The fourth-order valence-corrected chi connectivity index (χ4v) is 7.48. The molecule has 8 rings (SSSR count). The van der Waals surface area contributed by atoms with Crippen LogP contribution in [0.1, 0.15) is 5.56 Å². The van der Waals surface area contributed by atoms with Crippen LogP contribution < -0.4 is 9.80 Å². The maximum absolute atomic E-state index is 2.36. The first kappa shape index (κ1) is 27.9. The molecule has 0 saturated carbocycles. The van der Waals surface area contributed by atoms with Crippen LogP contribution in [0.2, 0.25) is 0 Å². The van der Waals surface area contributed by atoms with Crippen molar-refractivity contribution in [2.24, 2.45) is 0 Å². The van der Waals surface area contributed by atoms with Gasteiger partial charge < -0.3 is 9.80 Å². The molecule has 46 heavy (non-hydrogen) atoms. The third kappa shape index (κ3) is 5.21. The topological polar surface area (TPSA) is 6.48 Å². The molecule has 2 nitrogen and oxygen atoms in total. The number of hydrogen-bond donors (Lipinski definition) is 0. The van der Waals surface area contributed by atoms with Crippen molar-refractivity contribution in [3.05, 3.63) is 181 Å². The summed E-state index contributed by atoms with van der Waals surface area (Å²) in [5, 5.41) is 2.62. The number of nitrogens with zero attached hydrogens (tertiary/aromatic N) is 2. The van der Waals surface area contributed by atoms with Gasteiger partial charge in [0.15, 0.2) is 0 Å². The predicted molar refractivity (Wildman–Crippen MR) is 199 cm³/mol. The molecule has 0 N–H and O–H groups in total. The normalized spacial score (nSPS) is 11.2. The van der Waals surface area contributed by atoms with E-state index in [0.29, 0.717) is 0 Å². The minimum atomic E-state index is 1.12. The van der Waals surface area contributed by atoms with Gasteiger partial charge >= 0.3 is 0 Å². The summed E-state index contributed by atoms with van der Waals surface area (Å²) in [6.45, 7) is 2.21. The highest BCUT2D eigenvalue weighted by molar-refractivity contribution is 7.25. The van der Waals surface area contributed by atoms with Crippen molar-refractivity contribution in [1.29, 1.82) is 0 Å². The van der Waals surface area contributed by atoms with Gasteiger partial charge in [-0.1, -0.05) is 103 Å². The first-order valence-electron chi connectivity index (χ1n) is 15.6. The molecule has 3 heteroatoms. The average Bonchev–Trinajstić information content (AvgIpc) is 3.49. The molecule has 7 aromatic carbocycles. The maximum Gasteiger partial charge on any atom is 0.0492 e. The summed E-state index contributed by atoms with van der Waals surface area (Å²) < 4.78 is 2.61. The van der Waals surface area contributed by atoms with E-state index >= 15 is 0 Å². The third-order valence-electron chi connectivity index (χ3n) is 8.56. The van der Waals surface area contributed by atoms with E-state index in [1.54, 1.807) is 0 Å². The van der Waals surface area contributed by atoms with E-state index < -0.39 is 0 Å². The molecule has 1 aromatic heterocycles. The quantitative estimate of drug-likeness (QED) is 0.178. The van der Waals surface area contributed by atoms with Crippen LogP contribution in [0.25, 0.3) is 31.3 Å². The minimum absolute atomic E-state index is 1.12. The van der Waals surface area contributed by atoms with Crippen LogP contribution in [-0.4, -0.2) is 0 Å². The molecule has 0 unspecified atom stereocenters. The fourth-order valence-electron chi connectivity index (χ4n) is 6.35. The highest BCUT2D eigenvalue weighted by Gasteiger charge is 2.19. The number of aryl methyl sites for hydroxylation is 1. The zero-order chi connectivity index (χ0) is 30.9. The highest BCUT2D eigenvalue weighted by atomic mass is 32.1. The van der Waals surface area contributed by atoms with Gasteiger partial charge in [-0.15, -0.1) is 11.3 Å². The second-order valence-corrected chi connectivity index (χ2v) is 12.6. The number of para-hydroxylation sites is 2. The van der Waals surface area contributed by atoms with Crippen molar-refractivity contribution in [1.82, 2.24) is 0 Å². The van der Waals surface area contributed by atoms with Gasteiger partial charge in [-0.3, -0.25) is 0 Å². The molecule has 8 aromatic rings. The smallest absolute Gasteiger partial charge is 0.0492 e. The van der Waals surface area contributed by atoms with E-state index in [4.69, 9.17) is 0 Å². The lowest BCUT2D eigenvalue weighted by atomic mass is 10.0. The van der Waals surface area contributed by atoms with Gasteiger partial charge in [0.25, 0.3) is 0 Å². The van der Waals surface area contributed by atoms with Crippen LogP contribution in [0.5, 0.6) is 0 Å². The Morgan fingerprint density at radius 3 is 1.57 bits per heavy atom. The number of hydrogen-bond acceptors (Lipinski definition) is 3. The van der Waals surface area contributed by atoms with Crippen LogP contribution in [0.15, 0.2) is 176 Å². The molecule has 0 spiro atoms. The van der Waals surface area contributed by atoms with E-state index in [-0.39, 0.29) is 0 Å². The molecule has 0 amide bonds. The lowest BCUT2D eigenvalue weighted by Gasteiger charge is -2.30. The van der Waals surface area contributed by atoms with Gasteiger partial charge in [-0.2, -0.15) is 0 Å². The largest absolute Gasteiger partial charge is 0.310 e. The zero-order valence-electron chi connectivity index (χ0n) is 25.5. The number of benzene rings is 7.